The average Bonchev–Trinajstić information content (AvgIpc) is 2.66. The maximum absolute atomic E-state index is 12.5. The number of hydrogen-bond donors (Lipinski definition) is 1. The van der Waals surface area contributed by atoms with Gasteiger partial charge in [0.15, 0.2) is 0 Å². The zero-order valence-corrected chi connectivity index (χ0v) is 11.3. The maximum atomic E-state index is 12.5. The molecule has 2 N–H and O–H groups in total. The Morgan fingerprint density at radius 1 is 1.50 bits per heavy atom. The maximum Gasteiger partial charge on any atom is 0.235 e. The average molecular weight is 242 g/mol. The van der Waals surface area contributed by atoms with Crippen LogP contribution in [-0.2, 0) is 4.79 Å². The lowest BCUT2D eigenvalue weighted by Crippen LogP contribution is -2.51. The molecule has 1 atom stereocenters. The minimum absolute atomic E-state index is 0.134. The SMILES string of the molecule is CCC(CC)(C(=O)N1CCCC1C)C(N)=S. The van der Waals surface area contributed by atoms with Gasteiger partial charge in [-0.15, -0.1) is 0 Å². The zero-order chi connectivity index (χ0) is 12.3. The van der Waals surface area contributed by atoms with Crippen LogP contribution in [0.2, 0.25) is 0 Å². The van der Waals surface area contributed by atoms with E-state index in [1.807, 2.05) is 18.7 Å². The van der Waals surface area contributed by atoms with Crippen LogP contribution in [0.1, 0.15) is 46.5 Å². The molecular formula is C12H22N2OS. The second-order valence-electron chi connectivity index (χ2n) is 4.64. The van der Waals surface area contributed by atoms with E-state index in [0.717, 1.165) is 19.4 Å². The Morgan fingerprint density at radius 3 is 2.38 bits per heavy atom. The number of amides is 1. The molecule has 1 fully saturated rings. The van der Waals surface area contributed by atoms with E-state index in [4.69, 9.17) is 18.0 Å². The summed E-state index contributed by atoms with van der Waals surface area (Å²) in [5, 5.41) is 0. The standard InChI is InChI=1S/C12H22N2OS/c1-4-12(5-2,10(13)16)11(15)14-8-6-7-9(14)3/h9H,4-8H2,1-3H3,(H2,13,16). The molecule has 1 aliphatic rings. The van der Waals surface area contributed by atoms with E-state index in [9.17, 15) is 4.79 Å². The number of nitrogens with zero attached hydrogens (tertiary/aromatic N) is 1. The lowest BCUT2D eigenvalue weighted by atomic mass is 9.80. The second-order valence-corrected chi connectivity index (χ2v) is 5.08. The third kappa shape index (κ3) is 2.08. The van der Waals surface area contributed by atoms with Crippen molar-refractivity contribution in [1.29, 1.82) is 0 Å². The molecule has 0 aromatic rings. The lowest BCUT2D eigenvalue weighted by Gasteiger charge is -2.35. The van der Waals surface area contributed by atoms with Crippen LogP contribution in [0.15, 0.2) is 0 Å². The summed E-state index contributed by atoms with van der Waals surface area (Å²) < 4.78 is 0. The van der Waals surface area contributed by atoms with Crippen LogP contribution in [0, 0.1) is 5.41 Å². The number of carbonyl (C=O) groups is 1. The Balaban J connectivity index is 2.95. The van der Waals surface area contributed by atoms with Gasteiger partial charge in [0.05, 0.1) is 10.4 Å². The van der Waals surface area contributed by atoms with E-state index in [1.165, 1.54) is 0 Å². The van der Waals surface area contributed by atoms with Gasteiger partial charge in [-0.2, -0.15) is 0 Å². The molecule has 1 amide bonds. The van der Waals surface area contributed by atoms with Crippen LogP contribution in [0.5, 0.6) is 0 Å². The number of likely N-dealkylation sites (tertiary alicyclic amines) is 1. The van der Waals surface area contributed by atoms with Crippen molar-refractivity contribution in [2.24, 2.45) is 11.1 Å². The monoisotopic (exact) mass is 242 g/mol. The number of rotatable bonds is 4. The van der Waals surface area contributed by atoms with Crippen molar-refractivity contribution in [3.05, 3.63) is 0 Å². The molecule has 1 heterocycles. The van der Waals surface area contributed by atoms with Gasteiger partial charge in [-0.25, -0.2) is 0 Å². The van der Waals surface area contributed by atoms with Crippen LogP contribution in [0.25, 0.3) is 0 Å². The van der Waals surface area contributed by atoms with Crippen molar-refractivity contribution in [2.75, 3.05) is 6.54 Å². The summed E-state index contributed by atoms with van der Waals surface area (Å²) in [6.45, 7) is 6.92. The highest BCUT2D eigenvalue weighted by Gasteiger charge is 2.43. The molecule has 1 aliphatic heterocycles. The fourth-order valence-electron chi connectivity index (χ4n) is 2.52. The normalized spacial score (nSPS) is 21.2. The molecule has 1 saturated heterocycles. The third-order valence-electron chi connectivity index (χ3n) is 3.90. The topological polar surface area (TPSA) is 46.3 Å². The van der Waals surface area contributed by atoms with E-state index in [0.29, 0.717) is 23.9 Å². The molecule has 3 nitrogen and oxygen atoms in total. The van der Waals surface area contributed by atoms with Crippen molar-refractivity contribution in [3.8, 4) is 0 Å². The molecule has 0 spiro atoms. The summed E-state index contributed by atoms with van der Waals surface area (Å²) in [7, 11) is 0. The Hall–Kier alpha value is -0.640. The summed E-state index contributed by atoms with van der Waals surface area (Å²) in [6.07, 6.45) is 3.57. The number of nitrogens with two attached hydrogens (primary N) is 1. The van der Waals surface area contributed by atoms with Crippen molar-refractivity contribution < 1.29 is 4.79 Å². The first-order valence-electron chi connectivity index (χ1n) is 6.10. The van der Waals surface area contributed by atoms with E-state index in [2.05, 4.69) is 6.92 Å². The summed E-state index contributed by atoms with van der Waals surface area (Å²) in [4.78, 5) is 14.8. The summed E-state index contributed by atoms with van der Waals surface area (Å²) in [5.41, 5.74) is 5.17. The zero-order valence-electron chi connectivity index (χ0n) is 10.5. The van der Waals surface area contributed by atoms with Gasteiger partial charge in [-0.05, 0) is 32.6 Å². The summed E-state index contributed by atoms with van der Waals surface area (Å²) in [5.74, 6) is 0.134. The largest absolute Gasteiger partial charge is 0.392 e. The molecule has 1 rings (SSSR count). The van der Waals surface area contributed by atoms with Gasteiger partial charge in [0.2, 0.25) is 5.91 Å². The second kappa shape index (κ2) is 5.13. The van der Waals surface area contributed by atoms with E-state index in [-0.39, 0.29) is 5.91 Å². The molecule has 0 aromatic heterocycles. The van der Waals surface area contributed by atoms with Gasteiger partial charge >= 0.3 is 0 Å². The van der Waals surface area contributed by atoms with Gasteiger partial charge < -0.3 is 10.6 Å². The van der Waals surface area contributed by atoms with Crippen LogP contribution in [-0.4, -0.2) is 28.4 Å². The summed E-state index contributed by atoms with van der Waals surface area (Å²) >= 11 is 5.11. The quantitative estimate of drug-likeness (QED) is 0.768. The molecule has 0 radical (unpaired) electrons. The fourth-order valence-corrected chi connectivity index (χ4v) is 2.89. The lowest BCUT2D eigenvalue weighted by molar-refractivity contribution is -0.139. The highest BCUT2D eigenvalue weighted by atomic mass is 32.1. The van der Waals surface area contributed by atoms with Crippen molar-refractivity contribution in [2.45, 2.75) is 52.5 Å². The minimum atomic E-state index is -0.617. The first-order chi connectivity index (χ1) is 7.49. The first-order valence-corrected chi connectivity index (χ1v) is 6.51. The van der Waals surface area contributed by atoms with E-state index < -0.39 is 5.41 Å². The Morgan fingerprint density at radius 2 is 2.06 bits per heavy atom. The molecular weight excluding hydrogens is 220 g/mol. The van der Waals surface area contributed by atoms with Crippen molar-refractivity contribution >= 4 is 23.1 Å². The fraction of sp³-hybridized carbons (Fsp3) is 0.833. The molecule has 0 aromatic carbocycles. The first kappa shape index (κ1) is 13.4. The molecule has 0 aliphatic carbocycles. The molecule has 0 bridgehead atoms. The minimum Gasteiger partial charge on any atom is -0.392 e. The van der Waals surface area contributed by atoms with Crippen molar-refractivity contribution in [3.63, 3.8) is 0 Å². The molecule has 1 unspecified atom stereocenters. The number of carbonyl (C=O) groups excluding carboxylic acids is 1. The highest BCUT2D eigenvalue weighted by molar-refractivity contribution is 7.80. The Kier molecular flexibility index (Phi) is 4.30. The van der Waals surface area contributed by atoms with E-state index in [1.54, 1.807) is 0 Å². The number of thiocarbonyl (C=S) groups is 1. The third-order valence-corrected chi connectivity index (χ3v) is 4.29. The Bertz CT molecular complexity index is 287. The predicted molar refractivity (Wildman–Crippen MR) is 70.2 cm³/mol. The van der Waals surface area contributed by atoms with Gasteiger partial charge in [0.25, 0.3) is 0 Å². The van der Waals surface area contributed by atoms with Crippen LogP contribution < -0.4 is 5.73 Å². The van der Waals surface area contributed by atoms with Crippen LogP contribution >= 0.6 is 12.2 Å². The van der Waals surface area contributed by atoms with Gasteiger partial charge in [-0.3, -0.25) is 4.79 Å². The van der Waals surface area contributed by atoms with Crippen molar-refractivity contribution in [1.82, 2.24) is 4.90 Å². The molecule has 92 valence electrons. The van der Waals surface area contributed by atoms with Gasteiger partial charge in [0.1, 0.15) is 0 Å². The summed E-state index contributed by atoms with van der Waals surface area (Å²) in [6, 6.07) is 0.333. The highest BCUT2D eigenvalue weighted by Crippen LogP contribution is 2.32. The molecule has 16 heavy (non-hydrogen) atoms. The number of hydrogen-bond acceptors (Lipinski definition) is 2. The van der Waals surface area contributed by atoms with Gasteiger partial charge in [0, 0.05) is 12.6 Å². The van der Waals surface area contributed by atoms with Crippen LogP contribution in [0.3, 0.4) is 0 Å². The smallest absolute Gasteiger partial charge is 0.235 e. The van der Waals surface area contributed by atoms with E-state index >= 15 is 0 Å². The molecule has 4 heteroatoms. The predicted octanol–water partition coefficient (Wildman–Crippen LogP) is 2.09. The van der Waals surface area contributed by atoms with Crippen LogP contribution in [0.4, 0.5) is 0 Å². The Labute approximate surface area is 103 Å². The van der Waals surface area contributed by atoms with Gasteiger partial charge in [-0.1, -0.05) is 26.1 Å². The molecule has 0 saturated carbocycles.